The molecule has 0 saturated heterocycles. The first kappa shape index (κ1) is 13.6. The highest BCUT2D eigenvalue weighted by molar-refractivity contribution is 5.83. The van der Waals surface area contributed by atoms with Gasteiger partial charge in [0, 0.05) is 29.2 Å². The van der Waals surface area contributed by atoms with Gasteiger partial charge in [0.25, 0.3) is 0 Å². The molecule has 4 N–H and O–H groups in total. The summed E-state index contributed by atoms with van der Waals surface area (Å²) < 4.78 is 0. The number of aromatic amines is 1. The van der Waals surface area contributed by atoms with E-state index in [-0.39, 0.29) is 6.04 Å². The van der Waals surface area contributed by atoms with Crippen molar-refractivity contribution in [3.63, 3.8) is 0 Å². The first-order valence-electron chi connectivity index (χ1n) is 7.96. The highest BCUT2D eigenvalue weighted by Gasteiger charge is 2.27. The monoisotopic (exact) mass is 291 g/mol. The van der Waals surface area contributed by atoms with Crippen molar-refractivity contribution in [3.05, 3.63) is 71.4 Å². The van der Waals surface area contributed by atoms with Crippen LogP contribution < -0.4 is 11.1 Å². The van der Waals surface area contributed by atoms with Crippen LogP contribution in [0, 0.1) is 0 Å². The number of para-hydroxylation sites is 1. The molecule has 1 aliphatic carbocycles. The van der Waals surface area contributed by atoms with E-state index in [0.29, 0.717) is 6.04 Å². The van der Waals surface area contributed by atoms with E-state index in [1.54, 1.807) is 0 Å². The van der Waals surface area contributed by atoms with Crippen LogP contribution in [0.15, 0.2) is 54.7 Å². The van der Waals surface area contributed by atoms with Crippen LogP contribution in [0.3, 0.4) is 0 Å². The lowest BCUT2D eigenvalue weighted by Gasteiger charge is -2.13. The van der Waals surface area contributed by atoms with Crippen molar-refractivity contribution in [2.24, 2.45) is 5.73 Å². The number of hydrogen-bond donors (Lipinski definition) is 3. The van der Waals surface area contributed by atoms with Gasteiger partial charge < -0.3 is 16.0 Å². The van der Waals surface area contributed by atoms with Crippen LogP contribution in [0.2, 0.25) is 0 Å². The molecule has 1 heterocycles. The smallest absolute Gasteiger partial charge is 0.0456 e. The summed E-state index contributed by atoms with van der Waals surface area (Å²) in [4.78, 5) is 3.34. The standard InChI is InChI=1S/C19H21N3/c20-17-11-19(16-7-2-1-6-15(16)17)21-10-9-13-12-22-18-8-4-3-5-14(13)18/h1-8,12,17,19,21-22H,9-11,20H2. The SMILES string of the molecule is NC1CC(NCCc2c[nH]c3ccccc23)c2ccccc21. The lowest BCUT2D eigenvalue weighted by Crippen LogP contribution is -2.22. The van der Waals surface area contributed by atoms with Gasteiger partial charge in [0.1, 0.15) is 0 Å². The minimum atomic E-state index is 0.168. The maximum absolute atomic E-state index is 6.23. The molecule has 1 aliphatic rings. The minimum Gasteiger partial charge on any atom is -0.361 e. The van der Waals surface area contributed by atoms with E-state index in [9.17, 15) is 0 Å². The maximum Gasteiger partial charge on any atom is 0.0456 e. The van der Waals surface area contributed by atoms with Gasteiger partial charge in [-0.2, -0.15) is 0 Å². The second-order valence-electron chi connectivity index (χ2n) is 6.09. The van der Waals surface area contributed by atoms with Crippen LogP contribution in [0.25, 0.3) is 10.9 Å². The number of benzene rings is 2. The Morgan fingerprint density at radius 3 is 2.73 bits per heavy atom. The zero-order valence-electron chi connectivity index (χ0n) is 12.5. The number of nitrogens with two attached hydrogens (primary N) is 1. The summed E-state index contributed by atoms with van der Waals surface area (Å²) in [6.45, 7) is 0.966. The molecule has 22 heavy (non-hydrogen) atoms. The third-order valence-electron chi connectivity index (χ3n) is 4.72. The molecule has 112 valence electrons. The molecule has 2 unspecified atom stereocenters. The van der Waals surface area contributed by atoms with Gasteiger partial charge in [-0.05, 0) is 42.1 Å². The quantitative estimate of drug-likeness (QED) is 0.689. The zero-order valence-corrected chi connectivity index (χ0v) is 12.5. The summed E-state index contributed by atoms with van der Waals surface area (Å²) in [6.07, 6.45) is 4.14. The molecule has 3 aromatic rings. The maximum atomic E-state index is 6.23. The molecule has 1 aromatic heterocycles. The van der Waals surface area contributed by atoms with Gasteiger partial charge in [-0.1, -0.05) is 42.5 Å². The van der Waals surface area contributed by atoms with Crippen LogP contribution in [-0.2, 0) is 6.42 Å². The largest absolute Gasteiger partial charge is 0.361 e. The van der Waals surface area contributed by atoms with Crippen molar-refractivity contribution < 1.29 is 0 Å². The number of aromatic nitrogens is 1. The number of H-pyrrole nitrogens is 1. The van der Waals surface area contributed by atoms with Gasteiger partial charge in [0.05, 0.1) is 0 Å². The molecule has 0 spiro atoms. The van der Waals surface area contributed by atoms with Gasteiger partial charge in [-0.25, -0.2) is 0 Å². The van der Waals surface area contributed by atoms with Crippen LogP contribution >= 0.6 is 0 Å². The number of rotatable bonds is 4. The predicted octanol–water partition coefficient (Wildman–Crippen LogP) is 3.44. The Kier molecular flexibility index (Phi) is 3.45. The number of nitrogens with one attached hydrogen (secondary N) is 2. The zero-order chi connectivity index (χ0) is 14.9. The summed E-state index contributed by atoms with van der Waals surface area (Å²) in [5, 5.41) is 5.00. The third-order valence-corrected chi connectivity index (χ3v) is 4.72. The van der Waals surface area contributed by atoms with Gasteiger partial charge in [0.2, 0.25) is 0 Å². The molecule has 2 atom stereocenters. The van der Waals surface area contributed by atoms with E-state index in [1.807, 2.05) is 0 Å². The number of hydrogen-bond acceptors (Lipinski definition) is 2. The summed E-state index contributed by atoms with van der Waals surface area (Å²) >= 11 is 0. The Balaban J connectivity index is 1.44. The third kappa shape index (κ3) is 2.32. The van der Waals surface area contributed by atoms with E-state index in [2.05, 4.69) is 65.0 Å². The fourth-order valence-corrected chi connectivity index (χ4v) is 3.59. The Hall–Kier alpha value is -2.10. The molecule has 4 rings (SSSR count). The molecule has 3 heteroatoms. The topological polar surface area (TPSA) is 53.8 Å². The average Bonchev–Trinajstić information content (AvgIpc) is 3.10. The lowest BCUT2D eigenvalue weighted by atomic mass is 10.1. The Morgan fingerprint density at radius 1 is 1.05 bits per heavy atom. The fraction of sp³-hybridized carbons (Fsp3) is 0.263. The second kappa shape index (κ2) is 5.59. The van der Waals surface area contributed by atoms with Crippen LogP contribution in [0.5, 0.6) is 0 Å². The molecular formula is C19H21N3. The van der Waals surface area contributed by atoms with Crippen LogP contribution in [-0.4, -0.2) is 11.5 Å². The first-order chi connectivity index (χ1) is 10.8. The minimum absolute atomic E-state index is 0.168. The van der Waals surface area contributed by atoms with E-state index >= 15 is 0 Å². The normalized spacial score (nSPS) is 20.4. The van der Waals surface area contributed by atoms with Crippen molar-refractivity contribution in [2.45, 2.75) is 24.9 Å². The van der Waals surface area contributed by atoms with E-state index in [0.717, 1.165) is 19.4 Å². The van der Waals surface area contributed by atoms with Crippen molar-refractivity contribution in [3.8, 4) is 0 Å². The fourth-order valence-electron chi connectivity index (χ4n) is 3.59. The van der Waals surface area contributed by atoms with Gasteiger partial charge in [-0.15, -0.1) is 0 Å². The molecule has 0 amide bonds. The summed E-state index contributed by atoms with van der Waals surface area (Å²) in [5.41, 5.74) is 11.5. The molecule has 0 fully saturated rings. The van der Waals surface area contributed by atoms with Gasteiger partial charge in [-0.3, -0.25) is 0 Å². The first-order valence-corrected chi connectivity index (χ1v) is 7.96. The van der Waals surface area contributed by atoms with Crippen molar-refractivity contribution >= 4 is 10.9 Å². The van der Waals surface area contributed by atoms with E-state index in [1.165, 1.54) is 27.6 Å². The number of fused-ring (bicyclic) bond motifs is 2. The van der Waals surface area contributed by atoms with E-state index < -0.39 is 0 Å². The second-order valence-corrected chi connectivity index (χ2v) is 6.09. The van der Waals surface area contributed by atoms with Gasteiger partial charge in [0.15, 0.2) is 0 Å². The Labute approximate surface area is 130 Å². The Bertz CT molecular complexity index is 790. The molecule has 0 aliphatic heterocycles. The molecular weight excluding hydrogens is 270 g/mol. The lowest BCUT2D eigenvalue weighted by molar-refractivity contribution is 0.502. The van der Waals surface area contributed by atoms with Crippen molar-refractivity contribution in [1.82, 2.24) is 10.3 Å². The van der Waals surface area contributed by atoms with Crippen LogP contribution in [0.4, 0.5) is 0 Å². The average molecular weight is 291 g/mol. The summed E-state index contributed by atoms with van der Waals surface area (Å²) in [5.74, 6) is 0. The molecule has 0 radical (unpaired) electrons. The molecule has 0 saturated carbocycles. The predicted molar refractivity (Wildman–Crippen MR) is 90.7 cm³/mol. The molecule has 0 bridgehead atoms. The summed E-state index contributed by atoms with van der Waals surface area (Å²) in [7, 11) is 0. The van der Waals surface area contributed by atoms with Gasteiger partial charge >= 0.3 is 0 Å². The highest BCUT2D eigenvalue weighted by Crippen LogP contribution is 2.36. The highest BCUT2D eigenvalue weighted by atomic mass is 14.9. The summed E-state index contributed by atoms with van der Waals surface area (Å²) in [6, 6.07) is 17.6. The van der Waals surface area contributed by atoms with E-state index in [4.69, 9.17) is 5.73 Å². The van der Waals surface area contributed by atoms with Crippen LogP contribution in [0.1, 0.15) is 35.2 Å². The molecule has 2 aromatic carbocycles. The Morgan fingerprint density at radius 2 is 1.82 bits per heavy atom. The molecule has 3 nitrogen and oxygen atoms in total. The van der Waals surface area contributed by atoms with Crippen molar-refractivity contribution in [2.75, 3.05) is 6.54 Å². The van der Waals surface area contributed by atoms with Crippen molar-refractivity contribution in [1.29, 1.82) is 0 Å².